The Labute approximate surface area is 133 Å². The van der Waals surface area contributed by atoms with Gasteiger partial charge in [0, 0.05) is 23.7 Å². The Kier molecular flexibility index (Phi) is 3.93. The maximum absolute atomic E-state index is 12.3. The van der Waals surface area contributed by atoms with Gasteiger partial charge in [-0.1, -0.05) is 23.7 Å². The lowest BCUT2D eigenvalue weighted by atomic mass is 10.1. The molecule has 2 aromatic rings. The van der Waals surface area contributed by atoms with Gasteiger partial charge in [-0.05, 0) is 31.9 Å². The first-order chi connectivity index (χ1) is 10.5. The molecule has 1 aromatic heterocycles. The van der Waals surface area contributed by atoms with Gasteiger partial charge < -0.3 is 10.4 Å². The standard InChI is InChI=1S/C16H18ClN3O2/c1-11-8-20(13-5-3-2-4-12(13)17)19-14(11)15(22)18-9-16(10-21)6-7-16/h2-5,8,21H,6-7,9-10H2,1H3,(H,18,22). The van der Waals surface area contributed by atoms with Crippen LogP contribution in [0.15, 0.2) is 30.5 Å². The molecule has 5 nitrogen and oxygen atoms in total. The number of hydrogen-bond acceptors (Lipinski definition) is 3. The van der Waals surface area contributed by atoms with Crippen LogP contribution in [-0.4, -0.2) is 33.9 Å². The largest absolute Gasteiger partial charge is 0.396 e. The van der Waals surface area contributed by atoms with Crippen LogP contribution >= 0.6 is 11.6 Å². The van der Waals surface area contributed by atoms with E-state index in [2.05, 4.69) is 10.4 Å². The monoisotopic (exact) mass is 319 g/mol. The zero-order chi connectivity index (χ0) is 15.7. The number of nitrogens with zero attached hydrogens (tertiary/aromatic N) is 2. The molecule has 116 valence electrons. The number of amides is 1. The summed E-state index contributed by atoms with van der Waals surface area (Å²) in [6.07, 6.45) is 3.70. The van der Waals surface area contributed by atoms with Crippen molar-refractivity contribution in [3.63, 3.8) is 0 Å². The molecule has 0 spiro atoms. The van der Waals surface area contributed by atoms with E-state index in [1.54, 1.807) is 16.9 Å². The summed E-state index contributed by atoms with van der Waals surface area (Å²) < 4.78 is 1.62. The molecule has 1 heterocycles. The number of carbonyl (C=O) groups is 1. The molecule has 1 amide bonds. The van der Waals surface area contributed by atoms with Crippen molar-refractivity contribution in [3.05, 3.63) is 46.7 Å². The number of nitrogens with one attached hydrogen (secondary N) is 1. The fourth-order valence-corrected chi connectivity index (χ4v) is 2.59. The minimum Gasteiger partial charge on any atom is -0.396 e. The lowest BCUT2D eigenvalue weighted by Gasteiger charge is -2.12. The molecule has 0 radical (unpaired) electrons. The van der Waals surface area contributed by atoms with Crippen molar-refractivity contribution in [3.8, 4) is 5.69 Å². The van der Waals surface area contributed by atoms with E-state index in [0.29, 0.717) is 17.3 Å². The van der Waals surface area contributed by atoms with Crippen molar-refractivity contribution in [1.29, 1.82) is 0 Å². The van der Waals surface area contributed by atoms with E-state index in [-0.39, 0.29) is 17.9 Å². The molecule has 0 unspecified atom stereocenters. The Balaban J connectivity index is 1.77. The number of benzene rings is 1. The summed E-state index contributed by atoms with van der Waals surface area (Å²) in [4.78, 5) is 12.3. The number of aliphatic hydroxyl groups is 1. The van der Waals surface area contributed by atoms with Gasteiger partial charge in [0.05, 0.1) is 17.3 Å². The Bertz CT molecular complexity index is 707. The molecule has 1 aliphatic carbocycles. The highest BCUT2D eigenvalue weighted by atomic mass is 35.5. The molecule has 2 N–H and O–H groups in total. The first-order valence-corrected chi connectivity index (χ1v) is 7.63. The second-order valence-corrected chi connectivity index (χ2v) is 6.30. The van der Waals surface area contributed by atoms with Crippen molar-refractivity contribution in [2.24, 2.45) is 5.41 Å². The molecule has 1 aliphatic rings. The zero-order valence-corrected chi connectivity index (χ0v) is 13.1. The van der Waals surface area contributed by atoms with Crippen LogP contribution in [-0.2, 0) is 0 Å². The molecule has 1 saturated carbocycles. The Hall–Kier alpha value is -1.85. The number of halogens is 1. The van der Waals surface area contributed by atoms with E-state index in [1.807, 2.05) is 25.1 Å². The number of aromatic nitrogens is 2. The number of rotatable bonds is 5. The Morgan fingerprint density at radius 1 is 1.45 bits per heavy atom. The van der Waals surface area contributed by atoms with Gasteiger partial charge in [-0.15, -0.1) is 0 Å². The number of hydrogen-bond donors (Lipinski definition) is 2. The van der Waals surface area contributed by atoms with Crippen LogP contribution in [0.3, 0.4) is 0 Å². The molecule has 0 aliphatic heterocycles. The van der Waals surface area contributed by atoms with E-state index in [4.69, 9.17) is 11.6 Å². The molecule has 1 fully saturated rings. The Morgan fingerprint density at radius 2 is 2.18 bits per heavy atom. The smallest absolute Gasteiger partial charge is 0.272 e. The van der Waals surface area contributed by atoms with Crippen molar-refractivity contribution in [2.45, 2.75) is 19.8 Å². The molecule has 0 atom stereocenters. The summed E-state index contributed by atoms with van der Waals surface area (Å²) in [5, 5.41) is 17.1. The van der Waals surface area contributed by atoms with Gasteiger partial charge in [0.1, 0.15) is 0 Å². The summed E-state index contributed by atoms with van der Waals surface area (Å²) in [6.45, 7) is 2.44. The maximum atomic E-state index is 12.3. The second kappa shape index (κ2) is 5.74. The minimum atomic E-state index is -0.219. The first-order valence-electron chi connectivity index (χ1n) is 7.25. The maximum Gasteiger partial charge on any atom is 0.272 e. The van der Waals surface area contributed by atoms with Crippen LogP contribution < -0.4 is 5.32 Å². The minimum absolute atomic E-state index is 0.111. The topological polar surface area (TPSA) is 67.2 Å². The number of aryl methyl sites for hydroxylation is 1. The van der Waals surface area contributed by atoms with E-state index >= 15 is 0 Å². The summed E-state index contributed by atoms with van der Waals surface area (Å²) in [7, 11) is 0. The van der Waals surface area contributed by atoms with Gasteiger partial charge in [-0.25, -0.2) is 4.68 Å². The van der Waals surface area contributed by atoms with Gasteiger partial charge in [0.25, 0.3) is 5.91 Å². The highest BCUT2D eigenvalue weighted by Gasteiger charge is 2.42. The number of para-hydroxylation sites is 1. The third-order valence-electron chi connectivity index (χ3n) is 4.13. The van der Waals surface area contributed by atoms with E-state index in [0.717, 1.165) is 24.1 Å². The highest BCUT2D eigenvalue weighted by Crippen LogP contribution is 2.44. The molecular weight excluding hydrogens is 302 g/mol. The fourth-order valence-electron chi connectivity index (χ4n) is 2.36. The van der Waals surface area contributed by atoms with Crippen LogP contribution in [0.4, 0.5) is 0 Å². The summed E-state index contributed by atoms with van der Waals surface area (Å²) in [6, 6.07) is 7.35. The van der Waals surface area contributed by atoms with Crippen molar-refractivity contribution >= 4 is 17.5 Å². The van der Waals surface area contributed by atoms with Crippen LogP contribution in [0.2, 0.25) is 5.02 Å². The predicted octanol–water partition coefficient (Wildman–Crippen LogP) is 2.34. The van der Waals surface area contributed by atoms with E-state index in [9.17, 15) is 9.90 Å². The molecule has 0 saturated heterocycles. The Morgan fingerprint density at radius 3 is 2.82 bits per heavy atom. The second-order valence-electron chi connectivity index (χ2n) is 5.90. The van der Waals surface area contributed by atoms with Gasteiger partial charge in [0.2, 0.25) is 0 Å². The molecule has 0 bridgehead atoms. The van der Waals surface area contributed by atoms with Gasteiger partial charge in [0.15, 0.2) is 5.69 Å². The van der Waals surface area contributed by atoms with E-state index < -0.39 is 0 Å². The van der Waals surface area contributed by atoms with E-state index in [1.165, 1.54) is 0 Å². The average Bonchev–Trinajstić information content (AvgIpc) is 3.21. The van der Waals surface area contributed by atoms with Gasteiger partial charge in [-0.3, -0.25) is 4.79 Å². The van der Waals surface area contributed by atoms with Gasteiger partial charge >= 0.3 is 0 Å². The number of aliphatic hydroxyl groups excluding tert-OH is 1. The van der Waals surface area contributed by atoms with Crippen molar-refractivity contribution < 1.29 is 9.90 Å². The predicted molar refractivity (Wildman–Crippen MR) is 84.4 cm³/mol. The summed E-state index contributed by atoms with van der Waals surface area (Å²) in [5.74, 6) is -0.219. The van der Waals surface area contributed by atoms with Crippen LogP contribution in [0.1, 0.15) is 28.9 Å². The van der Waals surface area contributed by atoms with Crippen molar-refractivity contribution in [2.75, 3.05) is 13.2 Å². The van der Waals surface area contributed by atoms with Crippen LogP contribution in [0, 0.1) is 12.3 Å². The molecule has 3 rings (SSSR count). The first kappa shape index (κ1) is 15.1. The zero-order valence-electron chi connectivity index (χ0n) is 12.3. The molecule has 6 heteroatoms. The molecular formula is C16H18ClN3O2. The van der Waals surface area contributed by atoms with Crippen LogP contribution in [0.25, 0.3) is 5.69 Å². The van der Waals surface area contributed by atoms with Crippen molar-refractivity contribution in [1.82, 2.24) is 15.1 Å². The number of carbonyl (C=O) groups excluding carboxylic acids is 1. The third-order valence-corrected chi connectivity index (χ3v) is 4.45. The SMILES string of the molecule is Cc1cn(-c2ccccc2Cl)nc1C(=O)NCC1(CO)CC1. The van der Waals surface area contributed by atoms with Crippen LogP contribution in [0.5, 0.6) is 0 Å². The molecule has 22 heavy (non-hydrogen) atoms. The highest BCUT2D eigenvalue weighted by molar-refractivity contribution is 6.32. The lowest BCUT2D eigenvalue weighted by Crippen LogP contribution is -2.32. The average molecular weight is 320 g/mol. The lowest BCUT2D eigenvalue weighted by molar-refractivity contribution is 0.0929. The summed E-state index contributed by atoms with van der Waals surface area (Å²) in [5.41, 5.74) is 1.79. The molecule has 1 aromatic carbocycles. The summed E-state index contributed by atoms with van der Waals surface area (Å²) >= 11 is 6.16. The normalized spacial score (nSPS) is 15.6. The quantitative estimate of drug-likeness (QED) is 0.889. The van der Waals surface area contributed by atoms with Gasteiger partial charge in [-0.2, -0.15) is 5.10 Å². The fraction of sp³-hybridized carbons (Fsp3) is 0.375. The third kappa shape index (κ3) is 2.87.